The second kappa shape index (κ2) is 9.31. The molecule has 0 radical (unpaired) electrons. The first-order valence-corrected chi connectivity index (χ1v) is 9.67. The lowest BCUT2D eigenvalue weighted by Gasteiger charge is -2.36. The van der Waals surface area contributed by atoms with E-state index in [0.29, 0.717) is 28.7 Å². The molecule has 2 aromatic rings. The number of anilines is 2. The fourth-order valence-corrected chi connectivity index (χ4v) is 3.51. The van der Waals surface area contributed by atoms with Crippen molar-refractivity contribution in [1.29, 1.82) is 0 Å². The molecule has 1 aliphatic rings. The fourth-order valence-electron chi connectivity index (χ4n) is 3.17. The molecule has 1 amide bonds. The van der Waals surface area contributed by atoms with Crippen LogP contribution >= 0.6 is 23.2 Å². The average Bonchev–Trinajstić information content (AvgIpc) is 2.69. The first-order valence-electron chi connectivity index (χ1n) is 8.92. The van der Waals surface area contributed by atoms with E-state index < -0.39 is 0 Å². The van der Waals surface area contributed by atoms with Gasteiger partial charge in [0.15, 0.2) is 0 Å². The molecule has 1 aliphatic heterocycles. The Hall–Kier alpha value is -1.95. The van der Waals surface area contributed by atoms with E-state index in [1.54, 1.807) is 25.3 Å². The monoisotopic (exact) mass is 407 g/mol. The number of nitrogens with one attached hydrogen (secondary N) is 1. The van der Waals surface area contributed by atoms with Gasteiger partial charge in [-0.2, -0.15) is 0 Å². The molecular formula is C20H23Cl2N3O2. The lowest BCUT2D eigenvalue weighted by Crippen LogP contribution is -2.47. The molecule has 0 spiro atoms. The molecule has 0 atom stereocenters. The molecule has 2 aromatic carbocycles. The molecule has 27 heavy (non-hydrogen) atoms. The van der Waals surface area contributed by atoms with Gasteiger partial charge in [0.25, 0.3) is 0 Å². The Morgan fingerprint density at radius 3 is 2.59 bits per heavy atom. The maximum Gasteiger partial charge on any atom is 0.225 e. The van der Waals surface area contributed by atoms with Crippen molar-refractivity contribution in [2.45, 2.75) is 6.42 Å². The molecule has 0 bridgehead atoms. The zero-order valence-corrected chi connectivity index (χ0v) is 16.8. The molecule has 1 heterocycles. The minimum atomic E-state index is -0.0636. The lowest BCUT2D eigenvalue weighted by atomic mass is 10.2. The second-order valence-corrected chi connectivity index (χ2v) is 7.27. The molecule has 0 aliphatic carbocycles. The van der Waals surface area contributed by atoms with Crippen molar-refractivity contribution in [2.24, 2.45) is 0 Å². The van der Waals surface area contributed by atoms with Crippen LogP contribution < -0.4 is 15.0 Å². The maximum atomic E-state index is 12.2. The van der Waals surface area contributed by atoms with E-state index in [-0.39, 0.29) is 5.91 Å². The quantitative estimate of drug-likeness (QED) is 0.780. The molecule has 0 saturated carbocycles. The van der Waals surface area contributed by atoms with E-state index in [4.69, 9.17) is 27.9 Å². The van der Waals surface area contributed by atoms with Crippen LogP contribution in [0.3, 0.4) is 0 Å². The van der Waals surface area contributed by atoms with E-state index in [0.717, 1.165) is 37.6 Å². The average molecular weight is 408 g/mol. The highest BCUT2D eigenvalue weighted by molar-refractivity contribution is 6.35. The van der Waals surface area contributed by atoms with Crippen molar-refractivity contribution in [2.75, 3.05) is 50.1 Å². The topological polar surface area (TPSA) is 44.8 Å². The van der Waals surface area contributed by atoms with Crippen LogP contribution in [0.15, 0.2) is 42.5 Å². The van der Waals surface area contributed by atoms with E-state index in [9.17, 15) is 4.79 Å². The van der Waals surface area contributed by atoms with Crippen molar-refractivity contribution in [3.05, 3.63) is 52.5 Å². The first kappa shape index (κ1) is 19.8. The van der Waals surface area contributed by atoms with Gasteiger partial charge in [-0.3, -0.25) is 9.69 Å². The number of hydrogen-bond acceptors (Lipinski definition) is 4. The summed E-state index contributed by atoms with van der Waals surface area (Å²) in [7, 11) is 1.69. The highest BCUT2D eigenvalue weighted by Crippen LogP contribution is 2.28. The van der Waals surface area contributed by atoms with E-state index >= 15 is 0 Å². The number of carbonyl (C=O) groups is 1. The Bertz CT molecular complexity index is 793. The molecule has 7 heteroatoms. The number of piperazine rings is 1. The Balaban J connectivity index is 1.47. The summed E-state index contributed by atoms with van der Waals surface area (Å²) in [5, 5.41) is 3.86. The number of nitrogens with zero attached hydrogens (tertiary/aromatic N) is 2. The van der Waals surface area contributed by atoms with Gasteiger partial charge in [0.1, 0.15) is 5.75 Å². The summed E-state index contributed by atoms with van der Waals surface area (Å²) >= 11 is 12.0. The number of rotatable bonds is 6. The van der Waals surface area contributed by atoms with Crippen LogP contribution in [0.1, 0.15) is 6.42 Å². The molecule has 5 nitrogen and oxygen atoms in total. The third-order valence-electron chi connectivity index (χ3n) is 4.66. The smallest absolute Gasteiger partial charge is 0.225 e. The highest BCUT2D eigenvalue weighted by atomic mass is 35.5. The van der Waals surface area contributed by atoms with Crippen molar-refractivity contribution >= 4 is 40.5 Å². The lowest BCUT2D eigenvalue weighted by molar-refractivity contribution is -0.116. The largest absolute Gasteiger partial charge is 0.495 e. The van der Waals surface area contributed by atoms with Gasteiger partial charge in [-0.1, -0.05) is 35.3 Å². The van der Waals surface area contributed by atoms with Crippen molar-refractivity contribution in [3.8, 4) is 5.75 Å². The van der Waals surface area contributed by atoms with Gasteiger partial charge in [0.05, 0.1) is 23.5 Å². The maximum absolute atomic E-state index is 12.2. The normalized spacial score (nSPS) is 14.9. The number of benzene rings is 2. The summed E-state index contributed by atoms with van der Waals surface area (Å²) in [6.07, 6.45) is 0.414. The van der Waals surface area contributed by atoms with Gasteiger partial charge in [0, 0.05) is 44.2 Å². The Morgan fingerprint density at radius 2 is 1.85 bits per heavy atom. The fraction of sp³-hybridized carbons (Fsp3) is 0.350. The van der Waals surface area contributed by atoms with Gasteiger partial charge < -0.3 is 15.0 Å². The van der Waals surface area contributed by atoms with Gasteiger partial charge in [-0.25, -0.2) is 0 Å². The number of ether oxygens (including phenoxy) is 1. The summed E-state index contributed by atoms with van der Waals surface area (Å²) in [6, 6.07) is 13.1. The van der Waals surface area contributed by atoms with Crippen LogP contribution in [-0.2, 0) is 4.79 Å². The van der Waals surface area contributed by atoms with Gasteiger partial charge >= 0.3 is 0 Å². The van der Waals surface area contributed by atoms with Crippen LogP contribution in [0.4, 0.5) is 11.4 Å². The summed E-state index contributed by atoms with van der Waals surface area (Å²) in [4.78, 5) is 16.8. The SMILES string of the molecule is COc1ccccc1N1CCN(CCC(=O)Nc2cc(Cl)ccc2Cl)CC1. The van der Waals surface area contributed by atoms with Gasteiger partial charge in [-0.05, 0) is 30.3 Å². The second-order valence-electron chi connectivity index (χ2n) is 6.42. The zero-order valence-electron chi connectivity index (χ0n) is 15.3. The number of hydrogen-bond donors (Lipinski definition) is 1. The molecule has 0 aromatic heterocycles. The van der Waals surface area contributed by atoms with Crippen molar-refractivity contribution in [1.82, 2.24) is 4.90 Å². The van der Waals surface area contributed by atoms with Crippen molar-refractivity contribution in [3.63, 3.8) is 0 Å². The summed E-state index contributed by atoms with van der Waals surface area (Å²) in [5.41, 5.74) is 1.67. The van der Waals surface area contributed by atoms with E-state index in [1.807, 2.05) is 18.2 Å². The van der Waals surface area contributed by atoms with E-state index in [1.165, 1.54) is 0 Å². The van der Waals surface area contributed by atoms with Crippen LogP contribution in [-0.4, -0.2) is 50.6 Å². The predicted octanol–water partition coefficient (Wildman–Crippen LogP) is 4.15. The molecule has 0 unspecified atom stereocenters. The standard InChI is InChI=1S/C20H23Cl2N3O2/c1-27-19-5-3-2-4-18(19)25-12-10-24(11-13-25)9-8-20(26)23-17-14-15(21)6-7-16(17)22/h2-7,14H,8-13H2,1H3,(H,23,26). The number of carbonyl (C=O) groups excluding carboxylic acids is 1. The predicted molar refractivity (Wildman–Crippen MR) is 111 cm³/mol. The number of para-hydroxylation sites is 2. The minimum Gasteiger partial charge on any atom is -0.495 e. The molecular weight excluding hydrogens is 385 g/mol. The molecule has 1 fully saturated rings. The third-order valence-corrected chi connectivity index (χ3v) is 5.22. The Kier molecular flexibility index (Phi) is 6.83. The van der Waals surface area contributed by atoms with Crippen LogP contribution in [0.2, 0.25) is 10.0 Å². The Morgan fingerprint density at radius 1 is 1.11 bits per heavy atom. The summed E-state index contributed by atoms with van der Waals surface area (Å²) < 4.78 is 5.45. The van der Waals surface area contributed by atoms with Crippen LogP contribution in [0.5, 0.6) is 5.75 Å². The van der Waals surface area contributed by atoms with Crippen molar-refractivity contribution < 1.29 is 9.53 Å². The summed E-state index contributed by atoms with van der Waals surface area (Å²) in [5.74, 6) is 0.829. The Labute approximate surface area is 169 Å². The number of amides is 1. The van der Waals surface area contributed by atoms with Crippen LogP contribution in [0, 0.1) is 0 Å². The first-order chi connectivity index (χ1) is 13.1. The minimum absolute atomic E-state index is 0.0636. The zero-order chi connectivity index (χ0) is 19.2. The number of halogens is 2. The van der Waals surface area contributed by atoms with Crippen LogP contribution in [0.25, 0.3) is 0 Å². The number of methoxy groups -OCH3 is 1. The van der Waals surface area contributed by atoms with Gasteiger partial charge in [0.2, 0.25) is 5.91 Å². The molecule has 144 valence electrons. The highest BCUT2D eigenvalue weighted by Gasteiger charge is 2.20. The third kappa shape index (κ3) is 5.28. The molecule has 1 N–H and O–H groups in total. The van der Waals surface area contributed by atoms with E-state index in [2.05, 4.69) is 21.2 Å². The molecule has 1 saturated heterocycles. The molecule has 3 rings (SSSR count). The van der Waals surface area contributed by atoms with Gasteiger partial charge in [-0.15, -0.1) is 0 Å². The summed E-state index contributed by atoms with van der Waals surface area (Å²) in [6.45, 7) is 4.33.